The van der Waals surface area contributed by atoms with Gasteiger partial charge in [0.15, 0.2) is 11.6 Å². The van der Waals surface area contributed by atoms with E-state index in [1.54, 1.807) is 43.3 Å². The average Bonchev–Trinajstić information content (AvgIpc) is 2.55. The van der Waals surface area contributed by atoms with Crippen molar-refractivity contribution < 1.29 is 13.9 Å². The molecule has 0 aliphatic heterocycles. The van der Waals surface area contributed by atoms with Crippen molar-refractivity contribution in [3.63, 3.8) is 0 Å². The molecule has 1 aromatic heterocycles. The molecule has 2 aromatic rings. The van der Waals surface area contributed by atoms with E-state index >= 15 is 0 Å². The summed E-state index contributed by atoms with van der Waals surface area (Å²) in [6.45, 7) is 3.96. The summed E-state index contributed by atoms with van der Waals surface area (Å²) in [5.74, 6) is -0.593. The second-order valence-electron chi connectivity index (χ2n) is 5.18. The van der Waals surface area contributed by atoms with Crippen LogP contribution in [0.1, 0.15) is 28.5 Å². The van der Waals surface area contributed by atoms with Gasteiger partial charge in [-0.3, -0.25) is 4.79 Å². The van der Waals surface area contributed by atoms with Crippen LogP contribution in [-0.4, -0.2) is 17.5 Å². The third-order valence-electron chi connectivity index (χ3n) is 3.36. The van der Waals surface area contributed by atoms with Gasteiger partial charge in [-0.1, -0.05) is 24.3 Å². The fourth-order valence-electron chi connectivity index (χ4n) is 2.08. The number of nitrogens with two attached hydrogens (primary N) is 1. The van der Waals surface area contributed by atoms with E-state index in [4.69, 9.17) is 10.5 Å². The van der Waals surface area contributed by atoms with Crippen molar-refractivity contribution in [1.82, 2.24) is 10.3 Å². The van der Waals surface area contributed by atoms with Crippen LogP contribution in [0.15, 0.2) is 42.5 Å². The number of allylic oxidation sites excluding steroid dienone is 1. The zero-order valence-electron chi connectivity index (χ0n) is 13.7. The van der Waals surface area contributed by atoms with E-state index in [1.165, 1.54) is 0 Å². The topological polar surface area (TPSA) is 77.2 Å². The minimum atomic E-state index is -0.489. The minimum Gasteiger partial charge on any atom is -0.486 e. The number of hydrogen-bond donors (Lipinski definition) is 2. The maximum Gasteiger partial charge on any atom is 0.255 e. The Hall–Kier alpha value is -2.89. The molecule has 126 valence electrons. The van der Waals surface area contributed by atoms with Gasteiger partial charge in [-0.15, -0.1) is 0 Å². The van der Waals surface area contributed by atoms with E-state index in [9.17, 15) is 9.18 Å². The van der Waals surface area contributed by atoms with E-state index in [-0.39, 0.29) is 30.3 Å². The largest absolute Gasteiger partial charge is 0.486 e. The van der Waals surface area contributed by atoms with E-state index in [2.05, 4.69) is 10.3 Å². The monoisotopic (exact) mass is 329 g/mol. The van der Waals surface area contributed by atoms with Gasteiger partial charge in [0, 0.05) is 17.8 Å². The van der Waals surface area contributed by atoms with Crippen LogP contribution in [0, 0.1) is 12.7 Å². The number of carbonyl (C=O) groups is 1. The molecule has 0 atom stereocenters. The van der Waals surface area contributed by atoms with Crippen LogP contribution in [0.5, 0.6) is 5.75 Å². The lowest BCUT2D eigenvalue weighted by Crippen LogP contribution is -2.24. The van der Waals surface area contributed by atoms with Crippen molar-refractivity contribution >= 4 is 11.7 Å². The van der Waals surface area contributed by atoms with Gasteiger partial charge in [0.25, 0.3) is 5.91 Å². The van der Waals surface area contributed by atoms with Crippen molar-refractivity contribution in [2.24, 2.45) is 0 Å². The maximum absolute atomic E-state index is 14.3. The number of aromatic nitrogens is 1. The van der Waals surface area contributed by atoms with Gasteiger partial charge in [-0.2, -0.15) is 0 Å². The van der Waals surface area contributed by atoms with Crippen LogP contribution in [-0.2, 0) is 6.54 Å². The molecule has 1 heterocycles. The lowest BCUT2D eigenvalue weighted by atomic mass is 10.1. The average molecular weight is 329 g/mol. The Morgan fingerprint density at radius 2 is 2.17 bits per heavy atom. The van der Waals surface area contributed by atoms with Gasteiger partial charge >= 0.3 is 0 Å². The molecule has 1 amide bonds. The number of anilines is 1. The first-order chi connectivity index (χ1) is 11.5. The lowest BCUT2D eigenvalue weighted by molar-refractivity contribution is 0.0951. The number of rotatable bonds is 6. The molecule has 24 heavy (non-hydrogen) atoms. The molecule has 0 saturated carbocycles. The number of pyridine rings is 1. The molecule has 6 heteroatoms. The summed E-state index contributed by atoms with van der Waals surface area (Å²) in [5.41, 5.74) is 7.06. The Morgan fingerprint density at radius 1 is 1.38 bits per heavy atom. The number of ether oxygens (including phenoxy) is 1. The van der Waals surface area contributed by atoms with Crippen molar-refractivity contribution in [2.45, 2.75) is 20.4 Å². The summed E-state index contributed by atoms with van der Waals surface area (Å²) in [7, 11) is 0. The van der Waals surface area contributed by atoms with Crippen molar-refractivity contribution in [1.29, 1.82) is 0 Å². The highest BCUT2D eigenvalue weighted by Crippen LogP contribution is 2.20. The first-order valence-corrected chi connectivity index (χ1v) is 7.55. The van der Waals surface area contributed by atoms with Crippen molar-refractivity contribution in [2.75, 3.05) is 12.3 Å². The lowest BCUT2D eigenvalue weighted by Gasteiger charge is -2.11. The van der Waals surface area contributed by atoms with Gasteiger partial charge in [0.1, 0.15) is 12.4 Å². The Balaban J connectivity index is 2.06. The number of hydrogen-bond acceptors (Lipinski definition) is 4. The third-order valence-corrected chi connectivity index (χ3v) is 3.36. The summed E-state index contributed by atoms with van der Waals surface area (Å²) >= 11 is 0. The Kier molecular flexibility index (Phi) is 5.89. The van der Waals surface area contributed by atoms with Gasteiger partial charge in [0.2, 0.25) is 0 Å². The predicted molar refractivity (Wildman–Crippen MR) is 91.3 cm³/mol. The maximum atomic E-state index is 14.3. The van der Waals surface area contributed by atoms with E-state index in [0.29, 0.717) is 5.56 Å². The highest BCUT2D eigenvalue weighted by atomic mass is 19.1. The van der Waals surface area contributed by atoms with Crippen LogP contribution in [0.4, 0.5) is 10.2 Å². The second kappa shape index (κ2) is 8.10. The molecule has 0 radical (unpaired) electrons. The first kappa shape index (κ1) is 17.5. The number of nitrogens with zero attached hydrogens (tertiary/aromatic N) is 1. The summed E-state index contributed by atoms with van der Waals surface area (Å²) in [6.07, 6.45) is 3.60. The predicted octanol–water partition coefficient (Wildman–Crippen LogP) is 3.00. The summed E-state index contributed by atoms with van der Waals surface area (Å²) < 4.78 is 19.7. The number of carbonyl (C=O) groups excluding carboxylic acids is 1. The number of nitrogens with one attached hydrogen (secondary N) is 1. The minimum absolute atomic E-state index is 0.0266. The molecule has 0 bridgehead atoms. The van der Waals surface area contributed by atoms with Gasteiger partial charge in [-0.25, -0.2) is 9.37 Å². The molecule has 2 rings (SSSR count). The van der Waals surface area contributed by atoms with Crippen LogP contribution < -0.4 is 15.8 Å². The van der Waals surface area contributed by atoms with Crippen molar-refractivity contribution in [3.8, 4) is 5.75 Å². The number of aryl methyl sites for hydroxylation is 1. The van der Waals surface area contributed by atoms with E-state index in [1.807, 2.05) is 13.0 Å². The number of amides is 1. The van der Waals surface area contributed by atoms with Crippen LogP contribution >= 0.6 is 0 Å². The molecule has 0 fully saturated rings. The molecule has 5 nitrogen and oxygen atoms in total. The summed E-state index contributed by atoms with van der Waals surface area (Å²) in [4.78, 5) is 16.2. The quantitative estimate of drug-likeness (QED) is 0.799. The highest BCUT2D eigenvalue weighted by Gasteiger charge is 2.13. The molecule has 3 N–H and O–H groups in total. The molecule has 0 unspecified atom stereocenters. The first-order valence-electron chi connectivity index (χ1n) is 7.55. The molecule has 0 spiro atoms. The zero-order valence-corrected chi connectivity index (χ0v) is 13.7. The molecule has 0 saturated heterocycles. The summed E-state index contributed by atoms with van der Waals surface area (Å²) in [5, 5.41) is 2.64. The van der Waals surface area contributed by atoms with Gasteiger partial charge < -0.3 is 15.8 Å². The highest BCUT2D eigenvalue weighted by molar-refractivity contribution is 5.98. The SMILES string of the molecule is CC=CCOc1cccc(CNC(=O)c2ccc(C)nc2N)c1F. The third kappa shape index (κ3) is 4.32. The molecule has 0 aliphatic carbocycles. The second-order valence-corrected chi connectivity index (χ2v) is 5.18. The smallest absolute Gasteiger partial charge is 0.255 e. The standard InChI is InChI=1S/C18H20FN3O2/c1-3-4-10-24-15-7-5-6-13(16(15)19)11-21-18(23)14-9-8-12(2)22-17(14)20/h3-9H,10-11H2,1-2H3,(H2,20,22)(H,21,23). The van der Waals surface area contributed by atoms with E-state index in [0.717, 1.165) is 5.69 Å². The van der Waals surface area contributed by atoms with Gasteiger partial charge in [-0.05, 0) is 32.0 Å². The number of nitrogen functional groups attached to an aromatic ring is 1. The number of halogens is 1. The molecular formula is C18H20FN3O2. The van der Waals surface area contributed by atoms with E-state index < -0.39 is 11.7 Å². The fraction of sp³-hybridized carbons (Fsp3) is 0.222. The molecule has 0 aliphatic rings. The number of benzene rings is 1. The van der Waals surface area contributed by atoms with Crippen LogP contribution in [0.25, 0.3) is 0 Å². The Labute approximate surface area is 140 Å². The van der Waals surface area contributed by atoms with Crippen molar-refractivity contribution in [3.05, 3.63) is 65.1 Å². The Morgan fingerprint density at radius 3 is 2.88 bits per heavy atom. The molecular weight excluding hydrogens is 309 g/mol. The molecule has 1 aromatic carbocycles. The normalized spacial score (nSPS) is 10.8. The van der Waals surface area contributed by atoms with Crippen LogP contribution in [0.2, 0.25) is 0 Å². The van der Waals surface area contributed by atoms with Crippen LogP contribution in [0.3, 0.4) is 0 Å². The zero-order chi connectivity index (χ0) is 17.5. The summed E-state index contributed by atoms with van der Waals surface area (Å²) in [6, 6.07) is 8.11. The Bertz CT molecular complexity index is 760. The fourth-order valence-corrected chi connectivity index (χ4v) is 2.08. The van der Waals surface area contributed by atoms with Gasteiger partial charge in [0.05, 0.1) is 5.56 Å².